The predicted molar refractivity (Wildman–Crippen MR) is 253 cm³/mol. The highest BCUT2D eigenvalue weighted by Gasteiger charge is 2.37. The normalized spacial score (nSPS) is 15.6. The minimum atomic E-state index is -2.03. The van der Waals surface area contributed by atoms with E-state index in [-0.39, 0.29) is 25.3 Å². The molecule has 0 aromatic heterocycles. The highest BCUT2D eigenvalue weighted by Crippen LogP contribution is 2.13. The van der Waals surface area contributed by atoms with Gasteiger partial charge in [0.25, 0.3) is 0 Å². The Morgan fingerprint density at radius 1 is 0.486 bits per heavy atom. The Morgan fingerprint density at radius 2 is 0.889 bits per heavy atom. The average Bonchev–Trinajstić information content (AvgIpc) is 3.29. The number of carboxylic acids is 2. The third-order valence-electron chi connectivity index (χ3n) is 11.1. The molecule has 0 saturated heterocycles. The van der Waals surface area contributed by atoms with Crippen molar-refractivity contribution in [2.24, 2.45) is 51.4 Å². The fourth-order valence-electron chi connectivity index (χ4n) is 6.44. The Balaban J connectivity index is 6.60. The fourth-order valence-corrected chi connectivity index (χ4v) is 6.44. The maximum absolute atomic E-state index is 13.9. The lowest BCUT2D eigenvalue weighted by molar-refractivity contribution is -0.144. The molecule has 72 heavy (non-hydrogen) atoms. The summed E-state index contributed by atoms with van der Waals surface area (Å²) in [5.74, 6) is -15.9. The van der Waals surface area contributed by atoms with Crippen LogP contribution >= 0.6 is 0 Å². The van der Waals surface area contributed by atoms with E-state index >= 15 is 0 Å². The summed E-state index contributed by atoms with van der Waals surface area (Å²) >= 11 is 0. The first-order chi connectivity index (χ1) is 33.5. The number of carbonyl (C=O) groups excluding carboxylic acids is 10. The molecule has 11 atom stereocenters. The van der Waals surface area contributed by atoms with Gasteiger partial charge in [0.2, 0.25) is 59.1 Å². The van der Waals surface area contributed by atoms with Crippen molar-refractivity contribution in [2.45, 2.75) is 147 Å². The van der Waals surface area contributed by atoms with Gasteiger partial charge in [-0.1, -0.05) is 54.4 Å². The van der Waals surface area contributed by atoms with Gasteiger partial charge in [-0.05, 0) is 37.0 Å². The lowest BCUT2D eigenvalue weighted by atomic mass is 9.95. The van der Waals surface area contributed by atoms with E-state index < -0.39 is 182 Å². The van der Waals surface area contributed by atoms with Crippen LogP contribution in [0.2, 0.25) is 0 Å². The first-order valence-corrected chi connectivity index (χ1v) is 23.0. The van der Waals surface area contributed by atoms with Crippen LogP contribution < -0.4 is 71.2 Å². The van der Waals surface area contributed by atoms with E-state index in [0.29, 0.717) is 12.8 Å². The molecule has 0 aliphatic carbocycles. The van der Waals surface area contributed by atoms with Gasteiger partial charge in [-0.2, -0.15) is 0 Å². The van der Waals surface area contributed by atoms with Crippen LogP contribution in [0.25, 0.3) is 0 Å². The van der Waals surface area contributed by atoms with E-state index in [0.717, 1.165) is 0 Å². The summed E-state index contributed by atoms with van der Waals surface area (Å²) in [6, 6.07) is -14.6. The summed E-state index contributed by atoms with van der Waals surface area (Å²) in [7, 11) is 0. The summed E-state index contributed by atoms with van der Waals surface area (Å²) in [4.78, 5) is 158. The van der Waals surface area contributed by atoms with Gasteiger partial charge < -0.3 is 91.6 Å². The predicted octanol–water partition coefficient (Wildman–Crippen LogP) is -7.32. The summed E-state index contributed by atoms with van der Waals surface area (Å²) in [5, 5.41) is 57.7. The number of carboxylic acid groups (broad SMARTS) is 2. The number of aliphatic hydroxyl groups excluding tert-OH is 2. The Kier molecular flexibility index (Phi) is 29.4. The molecule has 0 unspecified atom stereocenters. The van der Waals surface area contributed by atoms with Crippen molar-refractivity contribution in [3.8, 4) is 0 Å². The maximum Gasteiger partial charge on any atom is 0.326 e. The molecule has 22 N–H and O–H groups in total. The van der Waals surface area contributed by atoms with E-state index in [1.165, 1.54) is 13.8 Å². The molecule has 0 spiro atoms. The number of aliphatic imine (C=N–C) groups is 1. The van der Waals surface area contributed by atoms with E-state index in [1.807, 2.05) is 0 Å². The molecular formula is C42H74N14O16. The van der Waals surface area contributed by atoms with Gasteiger partial charge in [-0.15, -0.1) is 0 Å². The summed E-state index contributed by atoms with van der Waals surface area (Å²) in [6.07, 6.45) is -2.33. The van der Waals surface area contributed by atoms with Crippen molar-refractivity contribution >= 4 is 77.0 Å². The molecule has 0 radical (unpaired) electrons. The number of hydrogen-bond donors (Lipinski definition) is 17. The van der Waals surface area contributed by atoms with E-state index in [1.54, 1.807) is 27.7 Å². The van der Waals surface area contributed by atoms with Crippen LogP contribution in [0.1, 0.15) is 92.9 Å². The highest BCUT2D eigenvalue weighted by atomic mass is 16.4. The molecule has 10 amide bonds. The highest BCUT2D eigenvalue weighted by molar-refractivity contribution is 5.99. The Hall–Kier alpha value is -7.21. The monoisotopic (exact) mass is 1030 g/mol. The summed E-state index contributed by atoms with van der Waals surface area (Å²) in [6.45, 7) is 7.34. The fraction of sp³-hybridized carbons (Fsp3) is 0.690. The smallest absolute Gasteiger partial charge is 0.326 e. The lowest BCUT2D eigenvalue weighted by Crippen LogP contribution is -2.62. The van der Waals surface area contributed by atoms with Gasteiger partial charge in [0.15, 0.2) is 5.96 Å². The van der Waals surface area contributed by atoms with Gasteiger partial charge in [0.05, 0.1) is 32.1 Å². The third kappa shape index (κ3) is 23.6. The second kappa shape index (κ2) is 32.6. The Morgan fingerprint density at radius 3 is 1.36 bits per heavy atom. The SMILES string of the molecule is CC[C@H](C)[C@H](NC(=O)[C@@H](NC(=O)[C@H](CO)NC(=O)[C@H](CC(=O)O)NC(=O)[C@H](CCC(N)=O)NC(=O)[C@@H](NC(=O)[C@H](CCCN=C(N)N)NC(=O)[C@H](CO)NC(=O)[C@@H](N)CC(N)=O)C(C)C)[C@@H](C)CC)C(=O)O. The number of rotatable bonds is 35. The van der Waals surface area contributed by atoms with Crippen molar-refractivity contribution in [2.75, 3.05) is 19.8 Å². The van der Waals surface area contributed by atoms with Crippen molar-refractivity contribution in [3.63, 3.8) is 0 Å². The quantitative estimate of drug-likeness (QED) is 0.0159. The average molecular weight is 1030 g/mol. The number of aliphatic carboxylic acids is 2. The molecule has 0 aliphatic rings. The van der Waals surface area contributed by atoms with Gasteiger partial charge in [-0.25, -0.2) is 4.79 Å². The zero-order chi connectivity index (χ0) is 55.6. The number of aliphatic hydroxyl groups is 2. The molecule has 0 bridgehead atoms. The standard InChI is InChI=1S/C42H74N14O16/c1-7-19(5)31(40(70)56-32(41(71)72)20(6)8-2)55-38(68)26(17-58)53-36(66)24(15-29(61)62)51-34(64)23(11-12-27(44)59)50-39(69)30(18(3)4)54-35(65)22(10-9-13-48-42(46)47)49-37(67)25(16-57)52-33(63)21(43)14-28(45)60/h18-26,30-32,57-58H,7-17,43H2,1-6H3,(H2,44,59)(H2,45,60)(H,49,67)(H,50,69)(H,51,64)(H,52,63)(H,53,66)(H,54,65)(H,55,68)(H,56,70)(H,61,62)(H,71,72)(H4,46,47,48)/t19-,20-,21-,22-,23-,24-,25-,26-,30-,31-,32-/m0/s1. The zero-order valence-electron chi connectivity index (χ0n) is 41.2. The topological polar surface area (TPSA) is 524 Å². The Bertz CT molecular complexity index is 1950. The molecule has 30 nitrogen and oxygen atoms in total. The van der Waals surface area contributed by atoms with Gasteiger partial charge in [0, 0.05) is 13.0 Å². The van der Waals surface area contributed by atoms with E-state index in [4.69, 9.17) is 28.7 Å². The molecule has 0 aromatic rings. The number of carbonyl (C=O) groups is 12. The van der Waals surface area contributed by atoms with Gasteiger partial charge in [0.1, 0.15) is 48.3 Å². The number of nitrogens with zero attached hydrogens (tertiary/aromatic N) is 1. The molecular weight excluding hydrogens is 957 g/mol. The minimum absolute atomic E-state index is 0.0435. The second-order valence-electron chi connectivity index (χ2n) is 17.3. The maximum atomic E-state index is 13.9. The third-order valence-corrected chi connectivity index (χ3v) is 11.1. The molecule has 0 rings (SSSR count). The minimum Gasteiger partial charge on any atom is -0.481 e. The van der Waals surface area contributed by atoms with Crippen molar-refractivity contribution in [1.29, 1.82) is 0 Å². The van der Waals surface area contributed by atoms with Gasteiger partial charge in [-0.3, -0.25) is 57.7 Å². The number of hydrogen-bond acceptors (Lipinski definition) is 16. The van der Waals surface area contributed by atoms with Crippen LogP contribution in [-0.2, 0) is 57.5 Å². The molecule has 0 saturated carbocycles. The molecule has 0 heterocycles. The molecule has 0 fully saturated rings. The number of guanidine groups is 1. The number of nitrogens with two attached hydrogens (primary N) is 5. The van der Waals surface area contributed by atoms with E-state index in [9.17, 15) is 78.0 Å². The second-order valence-corrected chi connectivity index (χ2v) is 17.3. The van der Waals surface area contributed by atoms with Crippen molar-refractivity contribution in [1.82, 2.24) is 42.5 Å². The first kappa shape index (κ1) is 64.8. The number of primary amides is 2. The lowest BCUT2D eigenvalue weighted by Gasteiger charge is -2.29. The van der Waals surface area contributed by atoms with Crippen molar-refractivity contribution < 1.29 is 78.0 Å². The largest absolute Gasteiger partial charge is 0.481 e. The van der Waals surface area contributed by atoms with Crippen LogP contribution in [0, 0.1) is 17.8 Å². The number of amides is 10. The molecule has 0 aliphatic heterocycles. The molecule has 30 heteroatoms. The van der Waals surface area contributed by atoms with E-state index in [2.05, 4.69) is 47.5 Å². The van der Waals surface area contributed by atoms with Crippen LogP contribution in [0.15, 0.2) is 4.99 Å². The summed E-state index contributed by atoms with van der Waals surface area (Å²) < 4.78 is 0. The zero-order valence-corrected chi connectivity index (χ0v) is 41.2. The molecule has 408 valence electrons. The van der Waals surface area contributed by atoms with Gasteiger partial charge >= 0.3 is 11.9 Å². The van der Waals surface area contributed by atoms with Crippen LogP contribution in [0.3, 0.4) is 0 Å². The molecule has 0 aromatic carbocycles. The Labute approximate surface area is 415 Å². The van der Waals surface area contributed by atoms with Crippen LogP contribution in [-0.4, -0.2) is 172 Å². The number of nitrogens with one attached hydrogen (secondary N) is 8. The summed E-state index contributed by atoms with van der Waals surface area (Å²) in [5.41, 5.74) is 26.8. The first-order valence-electron chi connectivity index (χ1n) is 23.0. The van der Waals surface area contributed by atoms with Crippen molar-refractivity contribution in [3.05, 3.63) is 0 Å². The van der Waals surface area contributed by atoms with Crippen LogP contribution in [0.5, 0.6) is 0 Å². The van der Waals surface area contributed by atoms with Crippen LogP contribution in [0.4, 0.5) is 0 Å².